The van der Waals surface area contributed by atoms with Crippen LogP contribution in [0.4, 0.5) is 0 Å². The molecule has 3 N–H and O–H groups in total. The number of carbonyl (C=O) groups is 2. The largest absolute Gasteiger partial charge is 0.478 e. The second-order valence-corrected chi connectivity index (χ2v) is 5.57. The second-order valence-electron chi connectivity index (χ2n) is 5.57. The van der Waals surface area contributed by atoms with Crippen molar-refractivity contribution in [2.24, 2.45) is 0 Å². The van der Waals surface area contributed by atoms with Crippen molar-refractivity contribution in [1.82, 2.24) is 5.32 Å². The van der Waals surface area contributed by atoms with Gasteiger partial charge in [0.1, 0.15) is 0 Å². The average Bonchev–Trinajstić information content (AvgIpc) is 2.65. The molecule has 0 saturated heterocycles. The first kappa shape index (κ1) is 18.6. The Hall–Kier alpha value is -2.70. The Labute approximate surface area is 146 Å². The van der Waals surface area contributed by atoms with Crippen LogP contribution >= 0.6 is 0 Å². The number of benzene rings is 2. The number of aliphatic hydroxyl groups is 1. The van der Waals surface area contributed by atoms with Crippen molar-refractivity contribution in [1.29, 1.82) is 0 Å². The van der Waals surface area contributed by atoms with E-state index in [0.29, 0.717) is 19.6 Å². The second kappa shape index (κ2) is 9.56. The highest BCUT2D eigenvalue weighted by atomic mass is 16.5. The van der Waals surface area contributed by atoms with E-state index in [-0.39, 0.29) is 17.7 Å². The van der Waals surface area contributed by atoms with Gasteiger partial charge in [-0.2, -0.15) is 0 Å². The zero-order valence-electron chi connectivity index (χ0n) is 13.7. The van der Waals surface area contributed by atoms with E-state index in [1.807, 2.05) is 30.3 Å². The summed E-state index contributed by atoms with van der Waals surface area (Å²) in [7, 11) is 0. The van der Waals surface area contributed by atoms with Crippen molar-refractivity contribution in [3.63, 3.8) is 0 Å². The van der Waals surface area contributed by atoms with Crippen molar-refractivity contribution in [3.05, 3.63) is 71.3 Å². The molecule has 1 unspecified atom stereocenters. The third-order valence-corrected chi connectivity index (χ3v) is 3.65. The fraction of sp³-hybridized carbons (Fsp3) is 0.263. The minimum Gasteiger partial charge on any atom is -0.478 e. The SMILES string of the molecule is O=C(O)c1cccc(C(=O)NC(CO)CCOCc2ccccc2)c1. The number of aromatic carboxylic acids is 1. The summed E-state index contributed by atoms with van der Waals surface area (Å²) >= 11 is 0. The summed E-state index contributed by atoms with van der Waals surface area (Å²) in [5, 5.41) is 21.1. The maximum atomic E-state index is 12.2. The highest BCUT2D eigenvalue weighted by Crippen LogP contribution is 2.07. The summed E-state index contributed by atoms with van der Waals surface area (Å²) in [5.41, 5.74) is 1.33. The lowest BCUT2D eigenvalue weighted by atomic mass is 10.1. The first-order valence-corrected chi connectivity index (χ1v) is 7.97. The van der Waals surface area contributed by atoms with Crippen molar-refractivity contribution >= 4 is 11.9 Å². The summed E-state index contributed by atoms with van der Waals surface area (Å²) in [6.45, 7) is 0.627. The van der Waals surface area contributed by atoms with E-state index in [1.54, 1.807) is 0 Å². The van der Waals surface area contributed by atoms with Crippen LogP contribution in [0.5, 0.6) is 0 Å². The van der Waals surface area contributed by atoms with Crippen LogP contribution in [-0.4, -0.2) is 41.3 Å². The number of aliphatic hydroxyl groups excluding tert-OH is 1. The molecule has 1 amide bonds. The molecule has 6 nitrogen and oxygen atoms in total. The number of carbonyl (C=O) groups excluding carboxylic acids is 1. The van der Waals surface area contributed by atoms with Crippen molar-refractivity contribution in [3.8, 4) is 0 Å². The van der Waals surface area contributed by atoms with Crippen LogP contribution in [0.3, 0.4) is 0 Å². The highest BCUT2D eigenvalue weighted by molar-refractivity contribution is 5.97. The molecule has 132 valence electrons. The predicted octanol–water partition coefficient (Wildman–Crippen LogP) is 2.08. The molecule has 6 heteroatoms. The molecule has 0 saturated carbocycles. The molecule has 0 fully saturated rings. The Balaban J connectivity index is 1.81. The van der Waals surface area contributed by atoms with Gasteiger partial charge in [0.25, 0.3) is 5.91 Å². The molecule has 2 aromatic rings. The smallest absolute Gasteiger partial charge is 0.335 e. The fourth-order valence-electron chi connectivity index (χ4n) is 2.26. The topological polar surface area (TPSA) is 95.9 Å². The first-order valence-electron chi connectivity index (χ1n) is 7.97. The number of hydrogen-bond acceptors (Lipinski definition) is 4. The summed E-state index contributed by atoms with van der Waals surface area (Å²) in [6.07, 6.45) is 0.452. The van der Waals surface area contributed by atoms with Gasteiger partial charge in [-0.15, -0.1) is 0 Å². The van der Waals surface area contributed by atoms with E-state index in [9.17, 15) is 14.7 Å². The van der Waals surface area contributed by atoms with Gasteiger partial charge in [0.05, 0.1) is 24.8 Å². The Morgan fingerprint density at radius 1 is 1.04 bits per heavy atom. The highest BCUT2D eigenvalue weighted by Gasteiger charge is 2.14. The molecule has 2 rings (SSSR count). The maximum absolute atomic E-state index is 12.2. The van der Waals surface area contributed by atoms with Gasteiger partial charge in [-0.3, -0.25) is 4.79 Å². The fourth-order valence-corrected chi connectivity index (χ4v) is 2.26. The maximum Gasteiger partial charge on any atom is 0.335 e. The Kier molecular flexibility index (Phi) is 7.13. The van der Waals surface area contributed by atoms with E-state index in [2.05, 4.69) is 5.32 Å². The lowest BCUT2D eigenvalue weighted by Gasteiger charge is -2.16. The van der Waals surface area contributed by atoms with Gasteiger partial charge in [-0.05, 0) is 30.2 Å². The molecule has 0 radical (unpaired) electrons. The number of rotatable bonds is 9. The number of amides is 1. The lowest BCUT2D eigenvalue weighted by molar-refractivity contribution is 0.0697. The van der Waals surface area contributed by atoms with E-state index in [0.717, 1.165) is 5.56 Å². The van der Waals surface area contributed by atoms with Gasteiger partial charge >= 0.3 is 5.97 Å². The van der Waals surface area contributed by atoms with Crippen LogP contribution < -0.4 is 5.32 Å². The molecular formula is C19H21NO5. The lowest BCUT2D eigenvalue weighted by Crippen LogP contribution is -2.38. The summed E-state index contributed by atoms with van der Waals surface area (Å²) in [5.74, 6) is -1.52. The predicted molar refractivity (Wildman–Crippen MR) is 92.5 cm³/mol. The first-order chi connectivity index (χ1) is 12.1. The van der Waals surface area contributed by atoms with Gasteiger partial charge in [-0.25, -0.2) is 4.79 Å². The Morgan fingerprint density at radius 2 is 1.76 bits per heavy atom. The Bertz CT molecular complexity index is 702. The van der Waals surface area contributed by atoms with E-state index in [1.165, 1.54) is 24.3 Å². The van der Waals surface area contributed by atoms with E-state index in [4.69, 9.17) is 9.84 Å². The monoisotopic (exact) mass is 343 g/mol. The summed E-state index contributed by atoms with van der Waals surface area (Å²) in [4.78, 5) is 23.1. The molecule has 0 heterocycles. The molecule has 0 spiro atoms. The normalized spacial score (nSPS) is 11.7. The molecule has 0 aliphatic carbocycles. The third kappa shape index (κ3) is 6.02. The molecule has 0 bridgehead atoms. The van der Waals surface area contributed by atoms with Gasteiger partial charge < -0.3 is 20.3 Å². The minimum absolute atomic E-state index is 0.0411. The van der Waals surface area contributed by atoms with Gasteiger partial charge in [-0.1, -0.05) is 36.4 Å². The molecule has 0 aromatic heterocycles. The van der Waals surface area contributed by atoms with Crippen molar-refractivity contribution in [2.75, 3.05) is 13.2 Å². The quantitative estimate of drug-likeness (QED) is 0.606. The third-order valence-electron chi connectivity index (χ3n) is 3.65. The summed E-state index contributed by atoms with van der Waals surface area (Å²) in [6, 6.07) is 15.0. The number of hydrogen-bond donors (Lipinski definition) is 3. The molecular weight excluding hydrogens is 322 g/mol. The summed E-state index contributed by atoms with van der Waals surface area (Å²) < 4.78 is 5.55. The standard InChI is InChI=1S/C19H21NO5/c21-12-17(9-10-25-13-14-5-2-1-3-6-14)20-18(22)15-7-4-8-16(11-15)19(23)24/h1-8,11,17,21H,9-10,12-13H2,(H,20,22)(H,23,24). The number of ether oxygens (including phenoxy) is 1. The number of carboxylic acids is 1. The molecule has 0 aliphatic heterocycles. The van der Waals surface area contributed by atoms with Gasteiger partial charge in [0.15, 0.2) is 0 Å². The van der Waals surface area contributed by atoms with Crippen molar-refractivity contribution < 1.29 is 24.5 Å². The van der Waals surface area contributed by atoms with Crippen LogP contribution in [0.25, 0.3) is 0 Å². The molecule has 0 aliphatic rings. The van der Waals surface area contributed by atoms with E-state index < -0.39 is 17.9 Å². The zero-order chi connectivity index (χ0) is 18.1. The molecule has 1 atom stereocenters. The molecule has 25 heavy (non-hydrogen) atoms. The minimum atomic E-state index is -1.09. The van der Waals surface area contributed by atoms with Crippen LogP contribution in [0, 0.1) is 0 Å². The van der Waals surface area contributed by atoms with E-state index >= 15 is 0 Å². The number of nitrogens with one attached hydrogen (secondary N) is 1. The number of carboxylic acid groups (broad SMARTS) is 1. The zero-order valence-corrected chi connectivity index (χ0v) is 13.7. The van der Waals surface area contributed by atoms with Crippen molar-refractivity contribution in [2.45, 2.75) is 19.1 Å². The van der Waals surface area contributed by atoms with Crippen LogP contribution in [-0.2, 0) is 11.3 Å². The average molecular weight is 343 g/mol. The van der Waals surface area contributed by atoms with Crippen LogP contribution in [0.1, 0.15) is 32.7 Å². The van der Waals surface area contributed by atoms with Gasteiger partial charge in [0, 0.05) is 12.2 Å². The van der Waals surface area contributed by atoms with Crippen LogP contribution in [0.2, 0.25) is 0 Å². The van der Waals surface area contributed by atoms with Crippen LogP contribution in [0.15, 0.2) is 54.6 Å². The molecule has 2 aromatic carbocycles. The Morgan fingerprint density at radius 3 is 2.44 bits per heavy atom. The van der Waals surface area contributed by atoms with Gasteiger partial charge in [0.2, 0.25) is 0 Å².